The number of carbonyl (C=O) groups is 1. The van der Waals surface area contributed by atoms with E-state index in [0.717, 1.165) is 0 Å². The van der Waals surface area contributed by atoms with Gasteiger partial charge in [-0.1, -0.05) is 13.0 Å². The third kappa shape index (κ3) is 3.03. The molecule has 16 heavy (non-hydrogen) atoms. The minimum atomic E-state index is -0.332. The Kier molecular flexibility index (Phi) is 4.92. The molecule has 0 aliphatic rings. The molecular weight excluding hydrogens is 209 g/mol. The van der Waals surface area contributed by atoms with Crippen molar-refractivity contribution in [1.82, 2.24) is 5.32 Å². The van der Waals surface area contributed by atoms with Crippen molar-refractivity contribution < 1.29 is 13.9 Å². The summed E-state index contributed by atoms with van der Waals surface area (Å²) in [5, 5.41) is 2.67. The molecule has 0 bridgehead atoms. The average molecular weight is 225 g/mol. The standard InChI is InChI=1S/C12H16FNO2/c1-3-9-10(5-4-6-11(9)13)12(15)14-7-8-16-2/h4-6H,3,7-8H2,1-2H3,(H,14,15). The molecule has 1 N–H and O–H groups in total. The molecule has 0 heterocycles. The van der Waals surface area contributed by atoms with Crippen LogP contribution in [0.3, 0.4) is 0 Å². The summed E-state index contributed by atoms with van der Waals surface area (Å²) < 4.78 is 18.2. The highest BCUT2D eigenvalue weighted by atomic mass is 19.1. The van der Waals surface area contributed by atoms with Crippen molar-refractivity contribution in [3.05, 3.63) is 35.1 Å². The number of carbonyl (C=O) groups excluding carboxylic acids is 1. The number of halogens is 1. The third-order valence-corrected chi connectivity index (χ3v) is 2.31. The lowest BCUT2D eigenvalue weighted by atomic mass is 10.0. The number of hydrogen-bond donors (Lipinski definition) is 1. The average Bonchev–Trinajstić information content (AvgIpc) is 2.29. The topological polar surface area (TPSA) is 38.3 Å². The Morgan fingerprint density at radius 3 is 2.88 bits per heavy atom. The second kappa shape index (κ2) is 6.23. The van der Waals surface area contributed by atoms with Crippen LogP contribution in [0.5, 0.6) is 0 Å². The number of amides is 1. The van der Waals surface area contributed by atoms with Gasteiger partial charge in [-0.3, -0.25) is 4.79 Å². The first-order valence-corrected chi connectivity index (χ1v) is 5.25. The first-order valence-electron chi connectivity index (χ1n) is 5.25. The Labute approximate surface area is 94.6 Å². The van der Waals surface area contributed by atoms with Gasteiger partial charge in [0.1, 0.15) is 5.82 Å². The Bertz CT molecular complexity index is 366. The fraction of sp³-hybridized carbons (Fsp3) is 0.417. The summed E-state index contributed by atoms with van der Waals surface area (Å²) in [4.78, 5) is 11.7. The summed E-state index contributed by atoms with van der Waals surface area (Å²) in [6.07, 6.45) is 0.500. The van der Waals surface area contributed by atoms with Crippen LogP contribution < -0.4 is 5.32 Å². The smallest absolute Gasteiger partial charge is 0.251 e. The maximum absolute atomic E-state index is 13.4. The van der Waals surface area contributed by atoms with E-state index in [1.807, 2.05) is 6.92 Å². The Hall–Kier alpha value is -1.42. The van der Waals surface area contributed by atoms with Gasteiger partial charge in [0.15, 0.2) is 0 Å². The summed E-state index contributed by atoms with van der Waals surface area (Å²) in [5.41, 5.74) is 0.857. The van der Waals surface area contributed by atoms with Crippen molar-refractivity contribution >= 4 is 5.91 Å². The van der Waals surface area contributed by atoms with E-state index in [1.54, 1.807) is 19.2 Å². The highest BCUT2D eigenvalue weighted by molar-refractivity contribution is 5.95. The van der Waals surface area contributed by atoms with Crippen molar-refractivity contribution in [1.29, 1.82) is 0 Å². The molecule has 0 fully saturated rings. The Morgan fingerprint density at radius 2 is 2.25 bits per heavy atom. The number of benzene rings is 1. The number of nitrogens with one attached hydrogen (secondary N) is 1. The van der Waals surface area contributed by atoms with Gasteiger partial charge in [-0.2, -0.15) is 0 Å². The molecule has 88 valence electrons. The molecule has 1 rings (SSSR count). The second-order valence-electron chi connectivity index (χ2n) is 3.37. The number of ether oxygens (including phenoxy) is 1. The molecule has 0 unspecified atom stereocenters. The quantitative estimate of drug-likeness (QED) is 0.775. The van der Waals surface area contributed by atoms with Crippen LogP contribution in [0.2, 0.25) is 0 Å². The zero-order chi connectivity index (χ0) is 12.0. The van der Waals surface area contributed by atoms with E-state index < -0.39 is 0 Å². The summed E-state index contributed by atoms with van der Waals surface area (Å²) in [5.74, 6) is -0.588. The van der Waals surface area contributed by atoms with Crippen LogP contribution in [0.25, 0.3) is 0 Å². The number of hydrogen-bond acceptors (Lipinski definition) is 2. The maximum Gasteiger partial charge on any atom is 0.251 e. The molecule has 1 amide bonds. The molecular formula is C12H16FNO2. The van der Waals surface area contributed by atoms with Crippen LogP contribution >= 0.6 is 0 Å². The normalized spacial score (nSPS) is 10.2. The Morgan fingerprint density at radius 1 is 1.50 bits per heavy atom. The fourth-order valence-electron chi connectivity index (χ4n) is 1.49. The zero-order valence-electron chi connectivity index (χ0n) is 9.55. The van der Waals surface area contributed by atoms with Gasteiger partial charge in [0, 0.05) is 24.8 Å². The van der Waals surface area contributed by atoms with Gasteiger partial charge in [-0.05, 0) is 18.6 Å². The lowest BCUT2D eigenvalue weighted by Crippen LogP contribution is -2.28. The molecule has 0 saturated heterocycles. The summed E-state index contributed by atoms with van der Waals surface area (Å²) in [7, 11) is 1.56. The second-order valence-corrected chi connectivity index (χ2v) is 3.37. The van der Waals surface area contributed by atoms with Crippen molar-refractivity contribution in [3.8, 4) is 0 Å². The van der Waals surface area contributed by atoms with Gasteiger partial charge < -0.3 is 10.1 Å². The first-order chi connectivity index (χ1) is 7.70. The summed E-state index contributed by atoms with van der Waals surface area (Å²) in [6, 6.07) is 4.54. The molecule has 0 aromatic heterocycles. The van der Waals surface area contributed by atoms with Crippen LogP contribution in [0.4, 0.5) is 4.39 Å². The highest BCUT2D eigenvalue weighted by Gasteiger charge is 2.12. The van der Waals surface area contributed by atoms with E-state index in [-0.39, 0.29) is 11.7 Å². The van der Waals surface area contributed by atoms with E-state index >= 15 is 0 Å². The van der Waals surface area contributed by atoms with Gasteiger partial charge in [0.25, 0.3) is 5.91 Å². The molecule has 0 spiro atoms. The van der Waals surface area contributed by atoms with Gasteiger partial charge in [-0.15, -0.1) is 0 Å². The third-order valence-electron chi connectivity index (χ3n) is 2.31. The van der Waals surface area contributed by atoms with Crippen LogP contribution in [0.15, 0.2) is 18.2 Å². The fourth-order valence-corrected chi connectivity index (χ4v) is 1.49. The van der Waals surface area contributed by atoms with E-state index in [4.69, 9.17) is 4.74 Å². The van der Waals surface area contributed by atoms with Gasteiger partial charge in [-0.25, -0.2) is 4.39 Å². The van der Waals surface area contributed by atoms with Gasteiger partial charge in [0.2, 0.25) is 0 Å². The van der Waals surface area contributed by atoms with Gasteiger partial charge in [0.05, 0.1) is 6.61 Å². The van der Waals surface area contributed by atoms with Crippen molar-refractivity contribution in [3.63, 3.8) is 0 Å². The molecule has 0 saturated carbocycles. The van der Waals surface area contributed by atoms with Crippen LogP contribution in [0, 0.1) is 5.82 Å². The van der Waals surface area contributed by atoms with Crippen LogP contribution in [0.1, 0.15) is 22.8 Å². The van der Waals surface area contributed by atoms with E-state index in [1.165, 1.54) is 6.07 Å². The Balaban J connectivity index is 2.78. The molecule has 1 aromatic carbocycles. The lowest BCUT2D eigenvalue weighted by Gasteiger charge is -2.09. The SMILES string of the molecule is CCc1c(F)cccc1C(=O)NCCOC. The van der Waals surface area contributed by atoms with Crippen LogP contribution in [-0.2, 0) is 11.2 Å². The first kappa shape index (κ1) is 12.6. The minimum absolute atomic E-state index is 0.256. The molecule has 0 aliphatic carbocycles. The van der Waals surface area contributed by atoms with E-state index in [0.29, 0.717) is 30.7 Å². The molecule has 0 radical (unpaired) electrons. The molecule has 0 aliphatic heterocycles. The largest absolute Gasteiger partial charge is 0.383 e. The molecule has 0 atom stereocenters. The highest BCUT2D eigenvalue weighted by Crippen LogP contribution is 2.14. The maximum atomic E-state index is 13.4. The molecule has 1 aromatic rings. The number of rotatable bonds is 5. The van der Waals surface area contributed by atoms with E-state index in [2.05, 4.69) is 5.32 Å². The van der Waals surface area contributed by atoms with Crippen molar-refractivity contribution in [2.75, 3.05) is 20.3 Å². The monoisotopic (exact) mass is 225 g/mol. The summed E-state index contributed by atoms with van der Waals surface area (Å²) in [6.45, 7) is 2.70. The zero-order valence-corrected chi connectivity index (χ0v) is 9.55. The van der Waals surface area contributed by atoms with Crippen LogP contribution in [-0.4, -0.2) is 26.2 Å². The van der Waals surface area contributed by atoms with Crippen molar-refractivity contribution in [2.45, 2.75) is 13.3 Å². The van der Waals surface area contributed by atoms with Crippen molar-refractivity contribution in [2.24, 2.45) is 0 Å². The molecule has 3 nitrogen and oxygen atoms in total. The van der Waals surface area contributed by atoms with E-state index in [9.17, 15) is 9.18 Å². The minimum Gasteiger partial charge on any atom is -0.383 e. The predicted octanol–water partition coefficient (Wildman–Crippen LogP) is 1.76. The predicted molar refractivity (Wildman–Crippen MR) is 60.0 cm³/mol. The lowest BCUT2D eigenvalue weighted by molar-refractivity contribution is 0.0935. The number of methoxy groups -OCH3 is 1. The molecule has 4 heteroatoms. The summed E-state index contributed by atoms with van der Waals surface area (Å²) >= 11 is 0. The van der Waals surface area contributed by atoms with Gasteiger partial charge >= 0.3 is 0 Å².